The molecule has 61 heavy (non-hydrogen) atoms. The molecular weight excluding hydrogens is 797 g/mol. The molecule has 314 valence electrons. The highest BCUT2D eigenvalue weighted by Crippen LogP contribution is 2.45. The number of hydrogen-bond acceptors (Lipinski definition) is 11. The van der Waals surface area contributed by atoms with Crippen molar-refractivity contribution >= 4 is 62.0 Å². The third-order valence-corrected chi connectivity index (χ3v) is 12.9. The molecule has 3 aromatic heterocycles. The van der Waals surface area contributed by atoms with E-state index in [9.17, 15) is 24.0 Å². The van der Waals surface area contributed by atoms with Crippen molar-refractivity contribution in [1.29, 1.82) is 0 Å². The Hall–Kier alpha value is -6.42. The largest absolute Gasteiger partial charge is 0.471 e. The van der Waals surface area contributed by atoms with E-state index in [0.717, 1.165) is 42.9 Å². The average molecular weight is 843 g/mol. The standard InChI is InChI=1S/C45H46N8O7S/c54-39(29-19-18-27-11-5-6-12-28(27)23-29)51-52-43(57)45-25-30(45)13-3-1-2-4-17-35(48-44(58)60-31-14-7-8-15-31)42(56)53-26-32(24-36(53)40(55)50-45)59-41-37-33(20-22-61-37)47-38(49-41)34-16-9-10-21-46-34/h3,5-6,9-13,16,18-23,30-32,35-36H,1-2,4,7-8,14-15,17,24-26H2,(H,48,58)(H,50,55)(H,51,54)(H,52,57)/b13-3-/t30-,32-,35+,36+,45-/m1/s1. The number of rotatable bonds is 7. The predicted octanol–water partition coefficient (Wildman–Crippen LogP) is 5.76. The predicted molar refractivity (Wildman–Crippen MR) is 227 cm³/mol. The number of allylic oxidation sites excluding steroid dienone is 1. The minimum atomic E-state index is -1.39. The molecule has 2 saturated carbocycles. The fourth-order valence-corrected chi connectivity index (χ4v) is 9.40. The molecule has 0 spiro atoms. The first-order valence-corrected chi connectivity index (χ1v) is 21.8. The Morgan fingerprint density at radius 2 is 1.70 bits per heavy atom. The summed E-state index contributed by atoms with van der Waals surface area (Å²) in [6.07, 6.45) is 10.2. The number of fused-ring (bicyclic) bond motifs is 4. The van der Waals surface area contributed by atoms with Crippen LogP contribution in [0.25, 0.3) is 32.5 Å². The average Bonchev–Trinajstić information content (AvgIpc) is 3.73. The zero-order chi connectivity index (χ0) is 41.9. The minimum Gasteiger partial charge on any atom is -0.471 e. The van der Waals surface area contributed by atoms with E-state index in [2.05, 4.69) is 31.5 Å². The van der Waals surface area contributed by atoms with E-state index >= 15 is 0 Å². The summed E-state index contributed by atoms with van der Waals surface area (Å²) < 4.78 is 13.0. The molecule has 3 fully saturated rings. The smallest absolute Gasteiger partial charge is 0.408 e. The molecule has 0 radical (unpaired) electrons. The van der Waals surface area contributed by atoms with Gasteiger partial charge in [0.25, 0.3) is 11.8 Å². The van der Waals surface area contributed by atoms with Gasteiger partial charge in [-0.25, -0.2) is 9.78 Å². The number of carbonyl (C=O) groups excluding carboxylic acids is 5. The van der Waals surface area contributed by atoms with Gasteiger partial charge in [-0.05, 0) is 97.9 Å². The third kappa shape index (κ3) is 8.62. The van der Waals surface area contributed by atoms with E-state index in [1.807, 2.05) is 60.0 Å². The number of aromatic nitrogens is 3. The Kier molecular flexibility index (Phi) is 11.3. The number of hydrazine groups is 1. The Morgan fingerprint density at radius 3 is 2.54 bits per heavy atom. The maximum atomic E-state index is 14.7. The highest BCUT2D eigenvalue weighted by molar-refractivity contribution is 7.17. The number of ether oxygens (including phenoxy) is 2. The molecule has 5 aromatic rings. The molecule has 4 aliphatic rings. The second-order valence-corrected chi connectivity index (χ2v) is 17.1. The van der Waals surface area contributed by atoms with Crippen LogP contribution in [0.2, 0.25) is 0 Å². The summed E-state index contributed by atoms with van der Waals surface area (Å²) >= 11 is 1.41. The van der Waals surface area contributed by atoms with Gasteiger partial charge >= 0.3 is 6.09 Å². The molecule has 5 heterocycles. The SMILES string of the molecule is O=C(N[C@H]1CCCC/C=C\[C@@H]2C[C@@]2(C(=O)NNC(=O)c2ccc3ccccc3c2)NC(=O)[C@@H]2C[C@@H](Oc3nc(-c4ccccn4)nc4ccsc34)CN2C1=O)OC1CCCC1. The minimum absolute atomic E-state index is 0.00685. The number of pyridine rings is 1. The number of benzene rings is 2. The zero-order valence-corrected chi connectivity index (χ0v) is 34.2. The van der Waals surface area contributed by atoms with E-state index in [1.165, 1.54) is 16.2 Å². The molecule has 16 heteroatoms. The Bertz CT molecular complexity index is 2510. The number of thiophene rings is 1. The van der Waals surface area contributed by atoms with Gasteiger partial charge in [0.2, 0.25) is 17.7 Å². The van der Waals surface area contributed by atoms with Gasteiger partial charge in [-0.15, -0.1) is 11.3 Å². The van der Waals surface area contributed by atoms with Crippen molar-refractivity contribution < 1.29 is 33.4 Å². The van der Waals surface area contributed by atoms with Crippen LogP contribution in [0, 0.1) is 5.92 Å². The lowest BCUT2D eigenvalue weighted by Crippen LogP contribution is -2.59. The summed E-state index contributed by atoms with van der Waals surface area (Å²) in [5, 5.41) is 9.57. The molecule has 2 aliphatic carbocycles. The van der Waals surface area contributed by atoms with Crippen molar-refractivity contribution in [2.24, 2.45) is 5.92 Å². The Labute approximate surface area is 355 Å². The Balaban J connectivity index is 0.979. The summed E-state index contributed by atoms with van der Waals surface area (Å²) in [4.78, 5) is 85.1. The highest BCUT2D eigenvalue weighted by Gasteiger charge is 2.61. The van der Waals surface area contributed by atoms with Crippen LogP contribution < -0.4 is 26.2 Å². The van der Waals surface area contributed by atoms with E-state index in [0.29, 0.717) is 52.4 Å². The lowest BCUT2D eigenvalue weighted by Gasteiger charge is -2.30. The van der Waals surface area contributed by atoms with E-state index in [-0.39, 0.29) is 31.4 Å². The van der Waals surface area contributed by atoms with E-state index < -0.39 is 53.4 Å². The van der Waals surface area contributed by atoms with Gasteiger partial charge in [0.05, 0.1) is 12.1 Å². The summed E-state index contributed by atoms with van der Waals surface area (Å²) in [5.74, 6) is -1.80. The van der Waals surface area contributed by atoms with Crippen molar-refractivity contribution in [3.8, 4) is 17.4 Å². The molecule has 0 unspecified atom stereocenters. The van der Waals surface area contributed by atoms with E-state index in [1.54, 1.807) is 30.5 Å². The summed E-state index contributed by atoms with van der Waals surface area (Å²) in [6.45, 7) is 0.00685. The second kappa shape index (κ2) is 17.3. The van der Waals surface area contributed by atoms with Gasteiger partial charge in [-0.3, -0.25) is 35.0 Å². The van der Waals surface area contributed by atoms with Gasteiger partial charge in [-0.2, -0.15) is 4.98 Å². The molecule has 9 rings (SSSR count). The van der Waals surface area contributed by atoms with Crippen LogP contribution in [0.3, 0.4) is 0 Å². The van der Waals surface area contributed by atoms with Gasteiger partial charge < -0.3 is 25.0 Å². The molecule has 4 N–H and O–H groups in total. The molecule has 1 saturated heterocycles. The van der Waals surface area contributed by atoms with Crippen LogP contribution in [0.5, 0.6) is 5.88 Å². The van der Waals surface area contributed by atoms with Crippen LogP contribution in [0.4, 0.5) is 4.79 Å². The number of alkyl carbamates (subject to hydrolysis) is 1. The second-order valence-electron chi connectivity index (χ2n) is 16.1. The molecule has 5 atom stereocenters. The number of hydrogen-bond donors (Lipinski definition) is 4. The quantitative estimate of drug-likeness (QED) is 0.116. The molecular formula is C45H46N8O7S. The van der Waals surface area contributed by atoms with Crippen LogP contribution in [-0.4, -0.2) is 85.9 Å². The maximum absolute atomic E-state index is 14.7. The number of amides is 5. The number of nitrogens with zero attached hydrogens (tertiary/aromatic N) is 4. The van der Waals surface area contributed by atoms with Crippen molar-refractivity contribution in [3.05, 3.63) is 96.0 Å². The van der Waals surface area contributed by atoms with Crippen LogP contribution in [0.15, 0.2) is 90.5 Å². The fraction of sp³-hybridized carbons (Fsp3) is 0.378. The molecule has 2 aromatic carbocycles. The number of carbonyl (C=O) groups is 5. The highest BCUT2D eigenvalue weighted by atomic mass is 32.1. The maximum Gasteiger partial charge on any atom is 0.408 e. The Morgan fingerprint density at radius 1 is 0.885 bits per heavy atom. The van der Waals surface area contributed by atoms with Gasteiger partial charge in [-0.1, -0.05) is 55.0 Å². The number of nitrogens with one attached hydrogen (secondary N) is 4. The van der Waals surface area contributed by atoms with Crippen molar-refractivity contribution in [2.75, 3.05) is 6.54 Å². The third-order valence-electron chi connectivity index (χ3n) is 12.0. The van der Waals surface area contributed by atoms with Crippen LogP contribution >= 0.6 is 11.3 Å². The van der Waals surface area contributed by atoms with Gasteiger partial charge in [0.15, 0.2) is 5.82 Å². The van der Waals surface area contributed by atoms with Crippen molar-refractivity contribution in [2.45, 2.75) is 94.0 Å². The normalized spacial score (nSPS) is 24.8. The van der Waals surface area contributed by atoms with Crippen LogP contribution in [0.1, 0.15) is 74.6 Å². The summed E-state index contributed by atoms with van der Waals surface area (Å²) in [7, 11) is 0. The summed E-state index contributed by atoms with van der Waals surface area (Å²) in [6, 6.07) is 18.2. The molecule has 0 bridgehead atoms. The first-order valence-electron chi connectivity index (χ1n) is 20.9. The lowest BCUT2D eigenvalue weighted by molar-refractivity contribution is -0.141. The summed E-state index contributed by atoms with van der Waals surface area (Å²) in [5.41, 5.74) is 5.29. The monoisotopic (exact) mass is 842 g/mol. The molecule has 2 aliphatic heterocycles. The van der Waals surface area contributed by atoms with Crippen LogP contribution in [-0.2, 0) is 19.1 Å². The van der Waals surface area contributed by atoms with Crippen molar-refractivity contribution in [1.82, 2.24) is 41.3 Å². The fourth-order valence-electron chi connectivity index (χ4n) is 8.63. The molecule has 5 amide bonds. The zero-order valence-electron chi connectivity index (χ0n) is 33.4. The topological polar surface area (TPSA) is 194 Å². The first kappa shape index (κ1) is 40.0. The van der Waals surface area contributed by atoms with Gasteiger partial charge in [0.1, 0.15) is 40.2 Å². The molecule has 15 nitrogen and oxygen atoms in total. The van der Waals surface area contributed by atoms with E-state index in [4.69, 9.17) is 14.5 Å². The van der Waals surface area contributed by atoms with Gasteiger partial charge in [0, 0.05) is 24.1 Å². The lowest BCUT2D eigenvalue weighted by atomic mass is 10.0. The van der Waals surface area contributed by atoms with Crippen molar-refractivity contribution in [3.63, 3.8) is 0 Å². The first-order chi connectivity index (χ1) is 29.7.